The molecule has 0 spiro atoms. The molecule has 23 heavy (non-hydrogen) atoms. The van der Waals surface area contributed by atoms with Crippen LogP contribution in [0.5, 0.6) is 0 Å². The molecule has 120 valence electrons. The highest BCUT2D eigenvalue weighted by atomic mass is 32.1. The SMILES string of the molecule is Cn1c(=S)[nH]c2cc(C(=O)N3C[C@H]4[C@H](C3)C4(C)C)ccc2c1=O. The van der Waals surface area contributed by atoms with Crippen molar-refractivity contribution in [3.63, 3.8) is 0 Å². The zero-order valence-electron chi connectivity index (χ0n) is 13.4. The van der Waals surface area contributed by atoms with Crippen LogP contribution < -0.4 is 5.56 Å². The van der Waals surface area contributed by atoms with Gasteiger partial charge in [-0.3, -0.25) is 14.2 Å². The Kier molecular flexibility index (Phi) is 2.89. The molecule has 1 aromatic carbocycles. The van der Waals surface area contributed by atoms with Crippen molar-refractivity contribution in [3.8, 4) is 0 Å². The summed E-state index contributed by atoms with van der Waals surface area (Å²) in [7, 11) is 1.64. The van der Waals surface area contributed by atoms with Gasteiger partial charge in [-0.25, -0.2) is 0 Å². The topological polar surface area (TPSA) is 58.1 Å². The summed E-state index contributed by atoms with van der Waals surface area (Å²) in [6.07, 6.45) is 0. The number of H-pyrrole nitrogens is 1. The molecule has 5 nitrogen and oxygen atoms in total. The Morgan fingerprint density at radius 3 is 2.61 bits per heavy atom. The number of piperidine rings is 1. The van der Waals surface area contributed by atoms with Crippen molar-refractivity contribution in [3.05, 3.63) is 38.9 Å². The molecule has 6 heteroatoms. The second kappa shape index (κ2) is 4.54. The normalized spacial score (nSPS) is 24.7. The number of hydrogen-bond donors (Lipinski definition) is 1. The molecule has 1 amide bonds. The van der Waals surface area contributed by atoms with Gasteiger partial charge in [0.15, 0.2) is 4.77 Å². The standard InChI is InChI=1S/C17H19N3O2S/c1-17(2)11-7-20(8-12(11)17)14(21)9-4-5-10-13(6-9)18-16(23)19(3)15(10)22/h4-6,11-12H,7-8H2,1-3H3,(H,18,23)/t11-,12-/m0/s1. The lowest BCUT2D eigenvalue weighted by Gasteiger charge is -2.22. The van der Waals surface area contributed by atoms with Crippen molar-refractivity contribution in [1.82, 2.24) is 14.5 Å². The monoisotopic (exact) mass is 329 g/mol. The van der Waals surface area contributed by atoms with E-state index in [1.54, 1.807) is 25.2 Å². The molecule has 0 unspecified atom stereocenters. The molecule has 1 aromatic heterocycles. The summed E-state index contributed by atoms with van der Waals surface area (Å²) in [6.45, 7) is 6.22. The number of aromatic nitrogens is 2. The third-order valence-electron chi connectivity index (χ3n) is 5.76. The molecule has 2 heterocycles. The van der Waals surface area contributed by atoms with Crippen LogP contribution in [0.15, 0.2) is 23.0 Å². The van der Waals surface area contributed by atoms with Crippen molar-refractivity contribution in [1.29, 1.82) is 0 Å². The second-order valence-electron chi connectivity index (χ2n) is 7.30. The molecule has 1 aliphatic heterocycles. The van der Waals surface area contributed by atoms with Crippen molar-refractivity contribution < 1.29 is 4.79 Å². The van der Waals surface area contributed by atoms with E-state index >= 15 is 0 Å². The summed E-state index contributed by atoms with van der Waals surface area (Å²) >= 11 is 5.14. The van der Waals surface area contributed by atoms with Crippen LogP contribution in [0, 0.1) is 22.0 Å². The van der Waals surface area contributed by atoms with Crippen LogP contribution in [0.4, 0.5) is 0 Å². The zero-order valence-corrected chi connectivity index (χ0v) is 14.2. The van der Waals surface area contributed by atoms with E-state index in [0.29, 0.717) is 38.5 Å². The summed E-state index contributed by atoms with van der Waals surface area (Å²) in [5, 5.41) is 0.544. The van der Waals surface area contributed by atoms with Crippen LogP contribution in [-0.4, -0.2) is 33.4 Å². The number of amides is 1. The number of benzene rings is 1. The van der Waals surface area contributed by atoms with Crippen LogP contribution in [0.25, 0.3) is 10.9 Å². The molecule has 0 radical (unpaired) electrons. The Morgan fingerprint density at radius 1 is 1.30 bits per heavy atom. The van der Waals surface area contributed by atoms with Crippen molar-refractivity contribution in [2.75, 3.05) is 13.1 Å². The van der Waals surface area contributed by atoms with Gasteiger partial charge in [-0.2, -0.15) is 0 Å². The van der Waals surface area contributed by atoms with E-state index in [1.165, 1.54) is 4.57 Å². The van der Waals surface area contributed by atoms with Gasteiger partial charge in [-0.15, -0.1) is 0 Å². The predicted octanol–water partition coefficient (Wildman–Crippen LogP) is 2.32. The Morgan fingerprint density at radius 2 is 1.96 bits per heavy atom. The fourth-order valence-corrected chi connectivity index (χ4v) is 4.11. The van der Waals surface area contributed by atoms with Gasteiger partial charge in [0.2, 0.25) is 0 Å². The van der Waals surface area contributed by atoms with Gasteiger partial charge < -0.3 is 9.88 Å². The number of likely N-dealkylation sites (tertiary alicyclic amines) is 1. The van der Waals surface area contributed by atoms with Crippen molar-refractivity contribution in [2.24, 2.45) is 24.3 Å². The molecule has 1 N–H and O–H groups in total. The van der Waals surface area contributed by atoms with Gasteiger partial charge in [-0.1, -0.05) is 13.8 Å². The average molecular weight is 329 g/mol. The maximum Gasteiger partial charge on any atom is 0.261 e. The van der Waals surface area contributed by atoms with E-state index in [-0.39, 0.29) is 11.5 Å². The first kappa shape index (κ1) is 14.6. The zero-order chi connectivity index (χ0) is 16.5. The number of nitrogens with zero attached hydrogens (tertiary/aromatic N) is 2. The highest BCUT2D eigenvalue weighted by Gasteiger charge is 2.62. The van der Waals surface area contributed by atoms with E-state index in [4.69, 9.17) is 12.2 Å². The minimum absolute atomic E-state index is 0.0369. The Hall–Kier alpha value is -1.95. The molecule has 2 fully saturated rings. The fourth-order valence-electron chi connectivity index (χ4n) is 3.92. The number of aromatic amines is 1. The first-order valence-electron chi connectivity index (χ1n) is 7.83. The number of carbonyl (C=O) groups is 1. The van der Waals surface area contributed by atoms with Crippen molar-refractivity contribution in [2.45, 2.75) is 13.8 Å². The van der Waals surface area contributed by atoms with Gasteiger partial charge in [-0.05, 0) is 47.7 Å². The lowest BCUT2D eigenvalue weighted by molar-refractivity contribution is 0.0758. The van der Waals surface area contributed by atoms with Gasteiger partial charge in [0, 0.05) is 25.7 Å². The minimum Gasteiger partial charge on any atom is -0.338 e. The lowest BCUT2D eigenvalue weighted by Crippen LogP contribution is -2.32. The fraction of sp³-hybridized carbons (Fsp3) is 0.471. The van der Waals surface area contributed by atoms with Crippen LogP contribution in [0.1, 0.15) is 24.2 Å². The maximum atomic E-state index is 12.7. The summed E-state index contributed by atoms with van der Waals surface area (Å²) in [4.78, 5) is 29.8. The van der Waals surface area contributed by atoms with Crippen LogP contribution >= 0.6 is 12.2 Å². The van der Waals surface area contributed by atoms with Crippen molar-refractivity contribution >= 4 is 29.0 Å². The summed E-state index contributed by atoms with van der Waals surface area (Å²) < 4.78 is 1.76. The summed E-state index contributed by atoms with van der Waals surface area (Å²) in [5.74, 6) is 1.30. The molecule has 2 atom stereocenters. The van der Waals surface area contributed by atoms with Gasteiger partial charge in [0.25, 0.3) is 11.5 Å². The number of carbonyl (C=O) groups excluding carboxylic acids is 1. The molecular formula is C17H19N3O2S. The predicted molar refractivity (Wildman–Crippen MR) is 91.0 cm³/mol. The van der Waals surface area contributed by atoms with E-state index in [1.807, 2.05) is 4.90 Å². The third-order valence-corrected chi connectivity index (χ3v) is 6.13. The number of fused-ring (bicyclic) bond motifs is 2. The third kappa shape index (κ3) is 2.01. The second-order valence-corrected chi connectivity index (χ2v) is 7.69. The van der Waals surface area contributed by atoms with E-state index in [9.17, 15) is 9.59 Å². The van der Waals surface area contributed by atoms with E-state index < -0.39 is 0 Å². The molecule has 0 bridgehead atoms. The largest absolute Gasteiger partial charge is 0.338 e. The Labute approximate surface area is 138 Å². The molecule has 2 aromatic rings. The molecule has 4 rings (SSSR count). The smallest absolute Gasteiger partial charge is 0.261 e. The summed E-state index contributed by atoms with van der Waals surface area (Å²) in [5.41, 5.74) is 1.47. The highest BCUT2D eigenvalue weighted by Crippen LogP contribution is 2.62. The Balaban J connectivity index is 1.68. The maximum absolute atomic E-state index is 12.7. The quantitative estimate of drug-likeness (QED) is 0.817. The number of hydrogen-bond acceptors (Lipinski definition) is 3. The van der Waals surface area contributed by atoms with E-state index in [0.717, 1.165) is 13.1 Å². The molecule has 1 saturated heterocycles. The summed E-state index contributed by atoms with van der Waals surface area (Å²) in [6, 6.07) is 5.18. The van der Waals surface area contributed by atoms with Gasteiger partial charge in [0.05, 0.1) is 10.9 Å². The molecule has 2 aliphatic rings. The van der Waals surface area contributed by atoms with Crippen LogP contribution in [-0.2, 0) is 7.05 Å². The first-order valence-corrected chi connectivity index (χ1v) is 8.24. The first-order chi connectivity index (χ1) is 10.8. The molecule has 1 saturated carbocycles. The number of rotatable bonds is 1. The highest BCUT2D eigenvalue weighted by molar-refractivity contribution is 7.71. The molecule has 1 aliphatic carbocycles. The minimum atomic E-state index is -0.146. The van der Waals surface area contributed by atoms with Crippen LogP contribution in [0.3, 0.4) is 0 Å². The lowest BCUT2D eigenvalue weighted by atomic mass is 10.1. The van der Waals surface area contributed by atoms with Gasteiger partial charge >= 0.3 is 0 Å². The number of nitrogens with one attached hydrogen (secondary N) is 1. The van der Waals surface area contributed by atoms with Crippen LogP contribution in [0.2, 0.25) is 0 Å². The molecular weight excluding hydrogens is 310 g/mol. The average Bonchev–Trinajstić information content (AvgIpc) is 2.90. The Bertz CT molecular complexity index is 942. The van der Waals surface area contributed by atoms with Gasteiger partial charge in [0.1, 0.15) is 0 Å². The van der Waals surface area contributed by atoms with E-state index in [2.05, 4.69) is 18.8 Å².